The Kier molecular flexibility index (Phi) is 3.61. The Morgan fingerprint density at radius 2 is 2.16 bits per heavy atom. The lowest BCUT2D eigenvalue weighted by molar-refractivity contribution is 0.0602. The molecule has 0 bridgehead atoms. The Morgan fingerprint density at radius 3 is 2.84 bits per heavy atom. The molecule has 0 unspecified atom stereocenters. The number of anilines is 3. The van der Waals surface area contributed by atoms with Gasteiger partial charge in [-0.1, -0.05) is 0 Å². The molecule has 0 spiro atoms. The van der Waals surface area contributed by atoms with E-state index in [4.69, 9.17) is 10.5 Å². The number of aryl methyl sites for hydroxylation is 1. The van der Waals surface area contributed by atoms with Crippen molar-refractivity contribution in [2.45, 2.75) is 6.92 Å². The molecule has 98 valence electrons. The number of nitrogen functional groups attached to an aromatic ring is 1. The zero-order valence-electron chi connectivity index (χ0n) is 10.7. The fourth-order valence-electron chi connectivity index (χ4n) is 1.61. The SMILES string of the molecule is COC(=O)c1cc(N)ncc1Nc1cccnc1C. The van der Waals surface area contributed by atoms with Crippen LogP contribution in [-0.4, -0.2) is 23.0 Å². The van der Waals surface area contributed by atoms with Crippen LogP contribution in [0.3, 0.4) is 0 Å². The molecule has 2 rings (SSSR count). The van der Waals surface area contributed by atoms with E-state index in [1.54, 1.807) is 12.3 Å². The number of ether oxygens (including phenoxy) is 1. The molecule has 0 radical (unpaired) electrons. The molecule has 6 heteroatoms. The Bertz CT molecular complexity index is 613. The minimum Gasteiger partial charge on any atom is -0.465 e. The number of esters is 1. The van der Waals surface area contributed by atoms with E-state index in [1.165, 1.54) is 19.4 Å². The van der Waals surface area contributed by atoms with Crippen molar-refractivity contribution in [3.05, 3.63) is 41.9 Å². The van der Waals surface area contributed by atoms with E-state index >= 15 is 0 Å². The second-order valence-corrected chi connectivity index (χ2v) is 3.91. The molecule has 0 aliphatic carbocycles. The third-order valence-electron chi connectivity index (χ3n) is 2.61. The Balaban J connectivity index is 2.40. The summed E-state index contributed by atoms with van der Waals surface area (Å²) in [6, 6.07) is 5.14. The molecule has 0 fully saturated rings. The first-order valence-electron chi connectivity index (χ1n) is 5.64. The van der Waals surface area contributed by atoms with Crippen molar-refractivity contribution in [3.8, 4) is 0 Å². The van der Waals surface area contributed by atoms with E-state index in [0.717, 1.165) is 11.4 Å². The van der Waals surface area contributed by atoms with Gasteiger partial charge in [-0.3, -0.25) is 4.98 Å². The zero-order chi connectivity index (χ0) is 13.8. The fraction of sp³-hybridized carbons (Fsp3) is 0.154. The van der Waals surface area contributed by atoms with E-state index in [2.05, 4.69) is 15.3 Å². The minimum atomic E-state index is -0.474. The third kappa shape index (κ3) is 2.79. The first kappa shape index (κ1) is 12.8. The number of hydrogen-bond acceptors (Lipinski definition) is 6. The Morgan fingerprint density at radius 1 is 1.37 bits per heavy atom. The number of carbonyl (C=O) groups excluding carboxylic acids is 1. The summed E-state index contributed by atoms with van der Waals surface area (Å²) in [4.78, 5) is 19.8. The van der Waals surface area contributed by atoms with E-state index in [-0.39, 0.29) is 5.82 Å². The first-order chi connectivity index (χ1) is 9.11. The molecular formula is C13H14N4O2. The summed E-state index contributed by atoms with van der Waals surface area (Å²) in [5.74, 6) is -0.216. The summed E-state index contributed by atoms with van der Waals surface area (Å²) < 4.78 is 4.72. The van der Waals surface area contributed by atoms with Crippen molar-refractivity contribution in [2.75, 3.05) is 18.2 Å². The van der Waals surface area contributed by atoms with Crippen molar-refractivity contribution in [2.24, 2.45) is 0 Å². The molecule has 0 aliphatic rings. The standard InChI is InChI=1S/C13H14N4O2/c1-8-10(4-3-5-15-8)17-11-7-16-12(14)6-9(11)13(18)19-2/h3-7,17H,1-2H3,(H2,14,16). The van der Waals surface area contributed by atoms with Crippen molar-refractivity contribution in [1.82, 2.24) is 9.97 Å². The predicted molar refractivity (Wildman–Crippen MR) is 72.2 cm³/mol. The third-order valence-corrected chi connectivity index (χ3v) is 2.61. The van der Waals surface area contributed by atoms with Crippen molar-refractivity contribution >= 4 is 23.2 Å². The van der Waals surface area contributed by atoms with Crippen LogP contribution in [0.25, 0.3) is 0 Å². The molecule has 6 nitrogen and oxygen atoms in total. The predicted octanol–water partition coefficient (Wildman–Crippen LogP) is 1.90. The van der Waals surface area contributed by atoms with Gasteiger partial charge in [0.05, 0.1) is 35.9 Å². The molecule has 0 atom stereocenters. The molecule has 2 aromatic heterocycles. The van der Waals surface area contributed by atoms with Gasteiger partial charge in [0, 0.05) is 6.20 Å². The summed E-state index contributed by atoms with van der Waals surface area (Å²) >= 11 is 0. The van der Waals surface area contributed by atoms with Gasteiger partial charge < -0.3 is 15.8 Å². The molecular weight excluding hydrogens is 244 g/mol. The van der Waals surface area contributed by atoms with Gasteiger partial charge in [-0.25, -0.2) is 9.78 Å². The normalized spacial score (nSPS) is 10.0. The molecule has 0 saturated carbocycles. The van der Waals surface area contributed by atoms with Gasteiger partial charge in [0.25, 0.3) is 0 Å². The minimum absolute atomic E-state index is 0.258. The number of carbonyl (C=O) groups is 1. The van der Waals surface area contributed by atoms with Crippen LogP contribution < -0.4 is 11.1 Å². The number of aromatic nitrogens is 2. The van der Waals surface area contributed by atoms with Gasteiger partial charge in [-0.15, -0.1) is 0 Å². The van der Waals surface area contributed by atoms with Crippen LogP contribution >= 0.6 is 0 Å². The summed E-state index contributed by atoms with van der Waals surface area (Å²) in [6.45, 7) is 1.87. The molecule has 0 saturated heterocycles. The molecule has 19 heavy (non-hydrogen) atoms. The summed E-state index contributed by atoms with van der Waals surface area (Å²) in [5.41, 5.74) is 8.05. The average Bonchev–Trinajstić information content (AvgIpc) is 2.42. The summed E-state index contributed by atoms with van der Waals surface area (Å²) in [7, 11) is 1.32. The van der Waals surface area contributed by atoms with Gasteiger partial charge in [0.15, 0.2) is 0 Å². The Hall–Kier alpha value is -2.63. The summed E-state index contributed by atoms with van der Waals surface area (Å²) in [6.07, 6.45) is 3.19. The number of pyridine rings is 2. The van der Waals surface area contributed by atoms with E-state index in [1.807, 2.05) is 13.0 Å². The lowest BCUT2D eigenvalue weighted by atomic mass is 10.2. The van der Waals surface area contributed by atoms with Crippen LogP contribution in [0, 0.1) is 6.92 Å². The van der Waals surface area contributed by atoms with Crippen LogP contribution in [0.1, 0.15) is 16.1 Å². The number of nitrogens with zero attached hydrogens (tertiary/aromatic N) is 2. The van der Waals surface area contributed by atoms with Gasteiger partial charge in [0.2, 0.25) is 0 Å². The number of hydrogen-bond donors (Lipinski definition) is 2. The highest BCUT2D eigenvalue weighted by molar-refractivity contribution is 5.97. The highest BCUT2D eigenvalue weighted by atomic mass is 16.5. The van der Waals surface area contributed by atoms with Gasteiger partial charge in [-0.2, -0.15) is 0 Å². The maximum absolute atomic E-state index is 11.7. The largest absolute Gasteiger partial charge is 0.465 e. The lowest BCUT2D eigenvalue weighted by Gasteiger charge is -2.12. The van der Waals surface area contributed by atoms with Crippen LogP contribution in [0.5, 0.6) is 0 Å². The molecule has 3 N–H and O–H groups in total. The maximum Gasteiger partial charge on any atom is 0.340 e. The maximum atomic E-state index is 11.7. The second-order valence-electron chi connectivity index (χ2n) is 3.91. The van der Waals surface area contributed by atoms with E-state index in [0.29, 0.717) is 11.3 Å². The molecule has 0 aliphatic heterocycles. The van der Waals surface area contributed by atoms with Crippen LogP contribution in [0.2, 0.25) is 0 Å². The zero-order valence-corrected chi connectivity index (χ0v) is 10.7. The highest BCUT2D eigenvalue weighted by Crippen LogP contribution is 2.23. The van der Waals surface area contributed by atoms with Crippen LogP contribution in [0.15, 0.2) is 30.6 Å². The van der Waals surface area contributed by atoms with Crippen molar-refractivity contribution in [1.29, 1.82) is 0 Å². The van der Waals surface area contributed by atoms with Crippen LogP contribution in [0.4, 0.5) is 17.2 Å². The van der Waals surface area contributed by atoms with E-state index < -0.39 is 5.97 Å². The quantitative estimate of drug-likeness (QED) is 0.817. The smallest absolute Gasteiger partial charge is 0.340 e. The number of nitrogens with two attached hydrogens (primary N) is 1. The number of nitrogens with one attached hydrogen (secondary N) is 1. The molecule has 2 aromatic rings. The average molecular weight is 258 g/mol. The van der Waals surface area contributed by atoms with E-state index in [9.17, 15) is 4.79 Å². The molecule has 0 aromatic carbocycles. The van der Waals surface area contributed by atoms with Gasteiger partial charge in [0.1, 0.15) is 5.82 Å². The number of rotatable bonds is 3. The number of methoxy groups -OCH3 is 1. The highest BCUT2D eigenvalue weighted by Gasteiger charge is 2.14. The molecule has 0 amide bonds. The fourth-order valence-corrected chi connectivity index (χ4v) is 1.61. The Labute approximate surface area is 110 Å². The molecule has 2 heterocycles. The van der Waals surface area contributed by atoms with Gasteiger partial charge in [-0.05, 0) is 25.1 Å². The topological polar surface area (TPSA) is 90.1 Å². The lowest BCUT2D eigenvalue weighted by Crippen LogP contribution is -2.08. The monoisotopic (exact) mass is 258 g/mol. The van der Waals surface area contributed by atoms with Crippen molar-refractivity contribution in [3.63, 3.8) is 0 Å². The summed E-state index contributed by atoms with van der Waals surface area (Å²) in [5, 5.41) is 3.10. The second kappa shape index (κ2) is 5.34. The first-order valence-corrected chi connectivity index (χ1v) is 5.64. The van der Waals surface area contributed by atoms with Crippen molar-refractivity contribution < 1.29 is 9.53 Å². The van der Waals surface area contributed by atoms with Gasteiger partial charge >= 0.3 is 5.97 Å². The van der Waals surface area contributed by atoms with Crippen LogP contribution in [-0.2, 0) is 4.74 Å².